The third-order valence-corrected chi connectivity index (χ3v) is 5.66. The summed E-state index contributed by atoms with van der Waals surface area (Å²) in [7, 11) is 0. The molecule has 3 nitrogen and oxygen atoms in total. The molecule has 2 aliphatic rings. The van der Waals surface area contributed by atoms with Gasteiger partial charge in [0, 0.05) is 36.0 Å². The van der Waals surface area contributed by atoms with Crippen LogP contribution in [0.4, 0.5) is 0 Å². The number of carbonyl (C=O) groups excluding carboxylic acids is 1. The summed E-state index contributed by atoms with van der Waals surface area (Å²) in [4.78, 5) is 14.8. The van der Waals surface area contributed by atoms with Crippen LogP contribution in [0.3, 0.4) is 0 Å². The van der Waals surface area contributed by atoms with Crippen LogP contribution < -0.4 is 5.73 Å². The Labute approximate surface area is 147 Å². The first-order valence-corrected chi connectivity index (χ1v) is 8.86. The number of hydrogen-bond donors (Lipinski definition) is 1. The van der Waals surface area contributed by atoms with E-state index < -0.39 is 0 Å². The molecule has 1 saturated heterocycles. The van der Waals surface area contributed by atoms with E-state index >= 15 is 0 Å². The van der Waals surface area contributed by atoms with Crippen LogP contribution in [0, 0.1) is 5.92 Å². The third-order valence-electron chi connectivity index (χ3n) is 5.32. The Morgan fingerprint density at radius 1 is 1.00 bits per heavy atom. The van der Waals surface area contributed by atoms with Gasteiger partial charge in [0.1, 0.15) is 0 Å². The Kier molecular flexibility index (Phi) is 4.07. The molecular formula is C20H21ClN2O. The molecule has 1 heterocycles. The molecule has 2 N–H and O–H groups in total. The van der Waals surface area contributed by atoms with Gasteiger partial charge in [-0.05, 0) is 29.5 Å². The average Bonchev–Trinajstić information content (AvgIpc) is 3.30. The van der Waals surface area contributed by atoms with Crippen molar-refractivity contribution in [2.75, 3.05) is 13.1 Å². The van der Waals surface area contributed by atoms with E-state index in [2.05, 4.69) is 12.1 Å². The second kappa shape index (κ2) is 6.23. The summed E-state index contributed by atoms with van der Waals surface area (Å²) in [5, 5.41) is 0.762. The molecule has 2 fully saturated rings. The van der Waals surface area contributed by atoms with Crippen molar-refractivity contribution in [2.45, 2.75) is 24.3 Å². The molecule has 0 radical (unpaired) electrons. The second-order valence-corrected chi connectivity index (χ2v) is 7.30. The molecule has 1 amide bonds. The summed E-state index contributed by atoms with van der Waals surface area (Å²) in [6.07, 6.45) is 0.893. The molecule has 2 unspecified atom stereocenters. The SMILES string of the molecule is N[C@@H]1CN(C(=O)C2CC2c2ccccc2Cl)C[C@H]1c1ccccc1. The highest BCUT2D eigenvalue weighted by atomic mass is 35.5. The zero-order valence-electron chi connectivity index (χ0n) is 13.4. The number of nitrogens with zero attached hydrogens (tertiary/aromatic N) is 1. The lowest BCUT2D eigenvalue weighted by atomic mass is 9.95. The smallest absolute Gasteiger partial charge is 0.226 e. The molecule has 0 aromatic heterocycles. The first-order valence-electron chi connectivity index (χ1n) is 8.49. The summed E-state index contributed by atoms with van der Waals surface area (Å²) in [5.74, 6) is 0.784. The van der Waals surface area contributed by atoms with Crippen LogP contribution in [0.2, 0.25) is 5.02 Å². The maximum atomic E-state index is 12.9. The van der Waals surface area contributed by atoms with E-state index in [4.69, 9.17) is 17.3 Å². The van der Waals surface area contributed by atoms with Crippen LogP contribution in [0.1, 0.15) is 29.4 Å². The average molecular weight is 341 g/mol. The summed E-state index contributed by atoms with van der Waals surface area (Å²) in [5.41, 5.74) is 8.63. The standard InChI is InChI=1S/C20H21ClN2O/c21-18-9-5-4-8-14(18)15-10-16(15)20(24)23-11-17(19(22)12-23)13-6-2-1-3-7-13/h1-9,15-17,19H,10-12,22H2/t15?,16?,17-,19+/m0/s1. The van der Waals surface area contributed by atoms with Crippen LogP contribution in [0.25, 0.3) is 0 Å². The number of amides is 1. The van der Waals surface area contributed by atoms with Gasteiger partial charge in [0.25, 0.3) is 0 Å². The number of benzene rings is 2. The third kappa shape index (κ3) is 2.83. The van der Waals surface area contributed by atoms with Crippen molar-refractivity contribution in [2.24, 2.45) is 11.7 Å². The number of carbonyl (C=O) groups is 1. The van der Waals surface area contributed by atoms with Gasteiger partial charge in [0.05, 0.1) is 0 Å². The van der Waals surface area contributed by atoms with Gasteiger partial charge >= 0.3 is 0 Å². The van der Waals surface area contributed by atoms with Crippen molar-refractivity contribution in [3.8, 4) is 0 Å². The molecular weight excluding hydrogens is 320 g/mol. The Morgan fingerprint density at radius 2 is 1.71 bits per heavy atom. The van der Waals surface area contributed by atoms with Crippen LogP contribution in [0.5, 0.6) is 0 Å². The Hall–Kier alpha value is -1.84. The van der Waals surface area contributed by atoms with E-state index in [0.29, 0.717) is 6.54 Å². The molecule has 0 bridgehead atoms. The molecule has 1 aliphatic heterocycles. The van der Waals surface area contributed by atoms with Gasteiger partial charge in [-0.15, -0.1) is 0 Å². The number of rotatable bonds is 3. The zero-order valence-corrected chi connectivity index (χ0v) is 14.2. The highest BCUT2D eigenvalue weighted by Crippen LogP contribution is 2.50. The van der Waals surface area contributed by atoms with Crippen LogP contribution >= 0.6 is 11.6 Å². The minimum atomic E-state index is 0.00821. The van der Waals surface area contributed by atoms with Gasteiger partial charge in [0.2, 0.25) is 5.91 Å². The fourth-order valence-electron chi connectivity index (χ4n) is 3.88. The molecule has 4 rings (SSSR count). The predicted molar refractivity (Wildman–Crippen MR) is 96.0 cm³/mol. The number of halogens is 1. The van der Waals surface area contributed by atoms with Gasteiger partial charge in [-0.2, -0.15) is 0 Å². The Balaban J connectivity index is 1.45. The summed E-state index contributed by atoms with van der Waals surface area (Å²) >= 11 is 6.27. The molecule has 2 aromatic carbocycles. The number of hydrogen-bond acceptors (Lipinski definition) is 2. The van der Waals surface area contributed by atoms with Crippen LogP contribution in [-0.2, 0) is 4.79 Å². The van der Waals surface area contributed by atoms with Crippen LogP contribution in [-0.4, -0.2) is 29.9 Å². The lowest BCUT2D eigenvalue weighted by molar-refractivity contribution is -0.131. The molecule has 1 saturated carbocycles. The van der Waals surface area contributed by atoms with Gasteiger partial charge in [-0.25, -0.2) is 0 Å². The number of nitrogens with two attached hydrogens (primary N) is 1. The highest BCUT2D eigenvalue weighted by molar-refractivity contribution is 6.31. The largest absolute Gasteiger partial charge is 0.340 e. The van der Waals surface area contributed by atoms with Crippen molar-refractivity contribution < 1.29 is 4.79 Å². The van der Waals surface area contributed by atoms with E-state index in [9.17, 15) is 4.79 Å². The fourth-order valence-corrected chi connectivity index (χ4v) is 4.16. The Bertz CT molecular complexity index is 748. The lowest BCUT2D eigenvalue weighted by Gasteiger charge is -2.17. The summed E-state index contributed by atoms with van der Waals surface area (Å²) in [6, 6.07) is 18.1. The van der Waals surface area contributed by atoms with E-state index in [0.717, 1.165) is 23.6 Å². The maximum absolute atomic E-state index is 12.9. The fraction of sp³-hybridized carbons (Fsp3) is 0.350. The number of likely N-dealkylation sites (tertiary alicyclic amines) is 1. The predicted octanol–water partition coefficient (Wildman–Crippen LogP) is 3.40. The molecule has 4 atom stereocenters. The second-order valence-electron chi connectivity index (χ2n) is 6.89. The normalized spacial score (nSPS) is 28.8. The van der Waals surface area contributed by atoms with Gasteiger partial charge in [-0.1, -0.05) is 60.1 Å². The molecule has 4 heteroatoms. The first kappa shape index (κ1) is 15.7. The van der Waals surface area contributed by atoms with Gasteiger partial charge < -0.3 is 10.6 Å². The topological polar surface area (TPSA) is 46.3 Å². The highest BCUT2D eigenvalue weighted by Gasteiger charge is 2.48. The van der Waals surface area contributed by atoms with Crippen molar-refractivity contribution in [1.29, 1.82) is 0 Å². The quantitative estimate of drug-likeness (QED) is 0.930. The van der Waals surface area contributed by atoms with E-state index in [-0.39, 0.29) is 29.7 Å². The molecule has 2 aromatic rings. The van der Waals surface area contributed by atoms with E-state index in [1.165, 1.54) is 5.56 Å². The van der Waals surface area contributed by atoms with E-state index in [1.54, 1.807) is 0 Å². The first-order chi connectivity index (χ1) is 11.6. The minimum Gasteiger partial charge on any atom is -0.340 e. The summed E-state index contributed by atoms with van der Waals surface area (Å²) < 4.78 is 0. The zero-order chi connectivity index (χ0) is 16.7. The van der Waals surface area contributed by atoms with Crippen molar-refractivity contribution in [3.63, 3.8) is 0 Å². The monoisotopic (exact) mass is 340 g/mol. The molecule has 24 heavy (non-hydrogen) atoms. The molecule has 124 valence electrons. The van der Waals surface area contributed by atoms with Gasteiger partial charge in [0.15, 0.2) is 0 Å². The van der Waals surface area contributed by atoms with Gasteiger partial charge in [-0.3, -0.25) is 4.79 Å². The van der Waals surface area contributed by atoms with Crippen molar-refractivity contribution >= 4 is 17.5 Å². The molecule has 1 aliphatic carbocycles. The van der Waals surface area contributed by atoms with Crippen LogP contribution in [0.15, 0.2) is 54.6 Å². The van der Waals surface area contributed by atoms with E-state index in [1.807, 2.05) is 47.4 Å². The maximum Gasteiger partial charge on any atom is 0.226 e. The minimum absolute atomic E-state index is 0.00821. The molecule has 0 spiro atoms. The lowest BCUT2D eigenvalue weighted by Crippen LogP contribution is -2.33. The Morgan fingerprint density at radius 3 is 2.46 bits per heavy atom. The van der Waals surface area contributed by atoms with Crippen molar-refractivity contribution in [3.05, 3.63) is 70.7 Å². The summed E-state index contributed by atoms with van der Waals surface area (Å²) in [6.45, 7) is 1.36. The van der Waals surface area contributed by atoms with Crippen molar-refractivity contribution in [1.82, 2.24) is 4.90 Å².